The fourth-order valence-corrected chi connectivity index (χ4v) is 2.60. The van der Waals surface area contributed by atoms with Crippen molar-refractivity contribution in [3.8, 4) is 0 Å². The van der Waals surface area contributed by atoms with Crippen molar-refractivity contribution in [3.63, 3.8) is 0 Å². The maximum Gasteiger partial charge on any atom is 0.508 e. The zero-order chi connectivity index (χ0) is 13.8. The molecule has 0 saturated heterocycles. The summed E-state index contributed by atoms with van der Waals surface area (Å²) in [6, 6.07) is 0. The molecule has 1 aliphatic carbocycles. The Hall–Kier alpha value is -0.730. The normalized spacial score (nSPS) is 20.1. The Balaban J connectivity index is 2.27. The molecule has 0 heterocycles. The van der Waals surface area contributed by atoms with Gasteiger partial charge in [-0.05, 0) is 32.1 Å². The molecule has 0 atom stereocenters. The van der Waals surface area contributed by atoms with Gasteiger partial charge in [-0.3, -0.25) is 0 Å². The van der Waals surface area contributed by atoms with Crippen LogP contribution >= 0.6 is 0 Å². The van der Waals surface area contributed by atoms with Gasteiger partial charge in [0.2, 0.25) is 0 Å². The number of rotatable bonds is 3. The predicted octanol–water partition coefficient (Wildman–Crippen LogP) is 5.22. The zero-order valence-electron chi connectivity index (χ0n) is 12.5. The van der Waals surface area contributed by atoms with E-state index in [4.69, 9.17) is 9.47 Å². The fourth-order valence-electron chi connectivity index (χ4n) is 2.60. The van der Waals surface area contributed by atoms with Crippen molar-refractivity contribution >= 4 is 6.16 Å². The second-order valence-corrected chi connectivity index (χ2v) is 5.60. The first-order valence-electron chi connectivity index (χ1n) is 8.16. The molecule has 0 bridgehead atoms. The third kappa shape index (κ3) is 8.90. The molecule has 1 rings (SSSR count). The zero-order valence-corrected chi connectivity index (χ0v) is 12.5. The maximum atomic E-state index is 11.5. The van der Waals surface area contributed by atoms with Crippen LogP contribution in [0, 0.1) is 0 Å². The van der Waals surface area contributed by atoms with E-state index in [9.17, 15) is 4.79 Å². The summed E-state index contributed by atoms with van der Waals surface area (Å²) in [4.78, 5) is 11.5. The Bertz CT molecular complexity index is 216. The molecule has 1 aliphatic rings. The van der Waals surface area contributed by atoms with Gasteiger partial charge in [-0.1, -0.05) is 51.9 Å². The number of carbonyl (C=O) groups excluding carboxylic acids is 1. The van der Waals surface area contributed by atoms with Crippen molar-refractivity contribution in [1.82, 2.24) is 0 Å². The number of hydrogen-bond acceptors (Lipinski definition) is 3. The fraction of sp³-hybridized carbons (Fsp3) is 0.938. The molecule has 0 aromatic rings. The minimum atomic E-state index is -0.473. The molecule has 0 aromatic carbocycles. The molecule has 3 heteroatoms. The van der Waals surface area contributed by atoms with Crippen LogP contribution in [-0.4, -0.2) is 18.9 Å². The first-order valence-corrected chi connectivity index (χ1v) is 8.16. The summed E-state index contributed by atoms with van der Waals surface area (Å²) in [6.07, 6.45) is 14.1. The number of hydrogen-bond donors (Lipinski definition) is 0. The van der Waals surface area contributed by atoms with Crippen molar-refractivity contribution in [3.05, 3.63) is 0 Å². The Labute approximate surface area is 118 Å². The molecule has 1 fully saturated rings. The maximum absolute atomic E-state index is 11.5. The summed E-state index contributed by atoms with van der Waals surface area (Å²) in [7, 11) is 0. The molecule has 0 aliphatic heterocycles. The van der Waals surface area contributed by atoms with E-state index in [0.29, 0.717) is 6.61 Å². The van der Waals surface area contributed by atoms with E-state index in [-0.39, 0.29) is 6.10 Å². The first-order chi connectivity index (χ1) is 9.33. The molecule has 0 N–H and O–H groups in total. The lowest BCUT2D eigenvalue weighted by Gasteiger charge is -2.18. The van der Waals surface area contributed by atoms with Gasteiger partial charge >= 0.3 is 6.16 Å². The van der Waals surface area contributed by atoms with E-state index >= 15 is 0 Å². The second kappa shape index (κ2) is 11.1. The highest BCUT2D eigenvalue weighted by Gasteiger charge is 2.15. The Kier molecular flexibility index (Phi) is 9.56. The average molecular weight is 270 g/mol. The summed E-state index contributed by atoms with van der Waals surface area (Å²) in [5.74, 6) is 0. The standard InChI is InChI=1S/C16H30O3/c1-2-14-18-16(17)19-15-12-10-8-6-4-3-5-7-9-11-13-15/h15H,2-14H2,1H3. The van der Waals surface area contributed by atoms with Gasteiger partial charge in [0.1, 0.15) is 6.10 Å². The molecule has 0 amide bonds. The van der Waals surface area contributed by atoms with E-state index in [1.165, 1.54) is 57.8 Å². The van der Waals surface area contributed by atoms with Crippen molar-refractivity contribution in [2.75, 3.05) is 6.61 Å². The third-order valence-electron chi connectivity index (χ3n) is 3.74. The summed E-state index contributed by atoms with van der Waals surface area (Å²) in [5, 5.41) is 0. The van der Waals surface area contributed by atoms with Crippen LogP contribution in [0.5, 0.6) is 0 Å². The van der Waals surface area contributed by atoms with Gasteiger partial charge < -0.3 is 9.47 Å². The van der Waals surface area contributed by atoms with Gasteiger partial charge in [0.25, 0.3) is 0 Å². The van der Waals surface area contributed by atoms with Gasteiger partial charge in [0, 0.05) is 0 Å². The molecule has 3 nitrogen and oxygen atoms in total. The molecular formula is C16H30O3. The minimum absolute atomic E-state index is 0.0729. The topological polar surface area (TPSA) is 35.5 Å². The van der Waals surface area contributed by atoms with Crippen LogP contribution in [0.15, 0.2) is 0 Å². The van der Waals surface area contributed by atoms with Gasteiger partial charge in [-0.15, -0.1) is 0 Å². The molecule has 112 valence electrons. The number of ether oxygens (including phenoxy) is 2. The summed E-state index contributed by atoms with van der Waals surface area (Å²) >= 11 is 0. The van der Waals surface area contributed by atoms with Crippen LogP contribution in [0.4, 0.5) is 4.79 Å². The van der Waals surface area contributed by atoms with Gasteiger partial charge in [-0.2, -0.15) is 0 Å². The van der Waals surface area contributed by atoms with Gasteiger partial charge in [0.05, 0.1) is 6.61 Å². The van der Waals surface area contributed by atoms with Crippen LogP contribution < -0.4 is 0 Å². The van der Waals surface area contributed by atoms with Gasteiger partial charge in [-0.25, -0.2) is 4.79 Å². The quantitative estimate of drug-likeness (QED) is 0.659. The summed E-state index contributed by atoms with van der Waals surface area (Å²) < 4.78 is 10.4. The Morgan fingerprint density at radius 1 is 0.895 bits per heavy atom. The molecular weight excluding hydrogens is 240 g/mol. The minimum Gasteiger partial charge on any atom is -0.434 e. The van der Waals surface area contributed by atoms with E-state index in [1.54, 1.807) is 0 Å². The van der Waals surface area contributed by atoms with E-state index in [2.05, 4.69) is 0 Å². The highest BCUT2D eigenvalue weighted by molar-refractivity contribution is 5.60. The van der Waals surface area contributed by atoms with Gasteiger partial charge in [0.15, 0.2) is 0 Å². The Morgan fingerprint density at radius 3 is 1.84 bits per heavy atom. The molecule has 0 radical (unpaired) electrons. The molecule has 0 aromatic heterocycles. The lowest BCUT2D eigenvalue weighted by Crippen LogP contribution is -2.19. The largest absolute Gasteiger partial charge is 0.508 e. The van der Waals surface area contributed by atoms with Crippen molar-refractivity contribution in [2.45, 2.75) is 90.1 Å². The number of carbonyl (C=O) groups is 1. The predicted molar refractivity (Wildman–Crippen MR) is 77.3 cm³/mol. The van der Waals surface area contributed by atoms with E-state index in [1.807, 2.05) is 6.92 Å². The average Bonchev–Trinajstić information content (AvgIpc) is 2.39. The molecule has 19 heavy (non-hydrogen) atoms. The second-order valence-electron chi connectivity index (χ2n) is 5.60. The molecule has 0 unspecified atom stereocenters. The van der Waals surface area contributed by atoms with Crippen LogP contribution in [0.1, 0.15) is 84.0 Å². The van der Waals surface area contributed by atoms with Crippen LogP contribution in [-0.2, 0) is 9.47 Å². The van der Waals surface area contributed by atoms with E-state index < -0.39 is 6.16 Å². The monoisotopic (exact) mass is 270 g/mol. The lowest BCUT2D eigenvalue weighted by atomic mass is 9.99. The van der Waals surface area contributed by atoms with E-state index in [0.717, 1.165) is 19.3 Å². The van der Waals surface area contributed by atoms with Crippen molar-refractivity contribution < 1.29 is 14.3 Å². The lowest BCUT2D eigenvalue weighted by molar-refractivity contribution is 0.0162. The van der Waals surface area contributed by atoms with Crippen LogP contribution in [0.3, 0.4) is 0 Å². The highest BCUT2D eigenvalue weighted by atomic mass is 16.7. The first kappa shape index (κ1) is 16.3. The summed E-state index contributed by atoms with van der Waals surface area (Å²) in [5.41, 5.74) is 0. The summed E-state index contributed by atoms with van der Waals surface area (Å²) in [6.45, 7) is 2.45. The van der Waals surface area contributed by atoms with Crippen LogP contribution in [0.25, 0.3) is 0 Å². The smallest absolute Gasteiger partial charge is 0.434 e. The third-order valence-corrected chi connectivity index (χ3v) is 3.74. The SMILES string of the molecule is CCCOC(=O)OC1CCCCCCCCCCC1. The van der Waals surface area contributed by atoms with Crippen LogP contribution in [0.2, 0.25) is 0 Å². The highest BCUT2D eigenvalue weighted by Crippen LogP contribution is 2.19. The molecule has 0 spiro atoms. The molecule has 1 saturated carbocycles. The van der Waals surface area contributed by atoms with Crippen molar-refractivity contribution in [1.29, 1.82) is 0 Å². The Morgan fingerprint density at radius 2 is 1.37 bits per heavy atom. The van der Waals surface area contributed by atoms with Crippen molar-refractivity contribution in [2.24, 2.45) is 0 Å².